The number of carboxylic acid groups (broad SMARTS) is 1. The number of ether oxygens (including phenoxy) is 1. The molecular weight excluding hydrogens is 428 g/mol. The fourth-order valence-corrected chi connectivity index (χ4v) is 4.35. The number of carboxylic acids is 1. The van der Waals surface area contributed by atoms with Gasteiger partial charge in [0.15, 0.2) is 0 Å². The normalized spacial score (nSPS) is 14.1. The van der Waals surface area contributed by atoms with E-state index in [1.807, 2.05) is 42.7 Å². The molecule has 1 aliphatic rings. The first-order chi connectivity index (χ1) is 15.3. The van der Waals surface area contributed by atoms with Gasteiger partial charge in [0.25, 0.3) is 0 Å². The summed E-state index contributed by atoms with van der Waals surface area (Å²) in [5.41, 5.74) is 4.47. The first-order valence-corrected chi connectivity index (χ1v) is 11.8. The molecule has 1 unspecified atom stereocenters. The average Bonchev–Trinajstić information content (AvgIpc) is 3.12. The van der Waals surface area contributed by atoms with E-state index < -0.39 is 30.1 Å². The van der Waals surface area contributed by atoms with E-state index in [-0.39, 0.29) is 12.5 Å². The predicted octanol–water partition coefficient (Wildman–Crippen LogP) is 3.58. The quantitative estimate of drug-likeness (QED) is 0.599. The number of hydrogen-bond donors (Lipinski definition) is 2. The Hall–Kier alpha value is -3.00. The number of aliphatic carboxylic acids is 1. The van der Waals surface area contributed by atoms with Crippen LogP contribution in [0.15, 0.2) is 48.5 Å². The third kappa shape index (κ3) is 5.07. The van der Waals surface area contributed by atoms with Gasteiger partial charge in [-0.05, 0) is 47.6 Å². The predicted molar refractivity (Wildman–Crippen MR) is 125 cm³/mol. The highest BCUT2D eigenvalue weighted by molar-refractivity contribution is 7.98. The molecule has 0 heterocycles. The maximum atomic E-state index is 12.8. The van der Waals surface area contributed by atoms with Gasteiger partial charge in [0.05, 0.1) is 0 Å². The number of likely N-dealkylation sites (N-methyl/N-ethyl adjacent to an activating group) is 1. The fourth-order valence-electron chi connectivity index (χ4n) is 3.88. The van der Waals surface area contributed by atoms with Crippen LogP contribution in [-0.4, -0.2) is 65.7 Å². The van der Waals surface area contributed by atoms with Crippen LogP contribution in [0.5, 0.6) is 0 Å². The zero-order chi connectivity index (χ0) is 23.3. The molecule has 0 saturated heterocycles. The standard InChI is InChI=1S/C24H28N2O5S/c1-15(23(28)29)26(2)22(27)21(12-13-32-3)25-24(30)31-14-20-18-10-6-4-8-16(18)17-9-5-7-11-19(17)20/h4-11,15,20-21H,12-14H2,1-3H3,(H,25,30)(H,28,29)/t15-,21?/m0/s1. The number of amides is 2. The molecule has 0 radical (unpaired) electrons. The number of carbonyl (C=O) groups is 3. The van der Waals surface area contributed by atoms with E-state index in [0.29, 0.717) is 12.2 Å². The lowest BCUT2D eigenvalue weighted by Gasteiger charge is -2.27. The molecule has 1 aliphatic carbocycles. The van der Waals surface area contributed by atoms with Crippen molar-refractivity contribution in [3.8, 4) is 11.1 Å². The number of rotatable bonds is 9. The average molecular weight is 457 g/mol. The van der Waals surface area contributed by atoms with Crippen LogP contribution in [0.25, 0.3) is 11.1 Å². The summed E-state index contributed by atoms with van der Waals surface area (Å²) >= 11 is 1.54. The molecule has 0 fully saturated rings. The summed E-state index contributed by atoms with van der Waals surface area (Å²) in [6.07, 6.45) is 1.59. The lowest BCUT2D eigenvalue weighted by atomic mass is 9.98. The van der Waals surface area contributed by atoms with Crippen molar-refractivity contribution in [3.05, 3.63) is 59.7 Å². The maximum absolute atomic E-state index is 12.8. The number of hydrogen-bond acceptors (Lipinski definition) is 5. The van der Waals surface area contributed by atoms with Crippen LogP contribution in [0, 0.1) is 0 Å². The van der Waals surface area contributed by atoms with Gasteiger partial charge in [0.2, 0.25) is 5.91 Å². The van der Waals surface area contributed by atoms with Gasteiger partial charge < -0.3 is 20.1 Å². The van der Waals surface area contributed by atoms with Gasteiger partial charge in [-0.15, -0.1) is 0 Å². The molecule has 2 atom stereocenters. The fraction of sp³-hybridized carbons (Fsp3) is 0.375. The van der Waals surface area contributed by atoms with Crippen LogP contribution >= 0.6 is 11.8 Å². The molecule has 3 rings (SSSR count). The van der Waals surface area contributed by atoms with Crippen LogP contribution in [0.2, 0.25) is 0 Å². The highest BCUT2D eigenvalue weighted by Gasteiger charge is 2.31. The molecule has 0 aromatic heterocycles. The molecule has 2 aromatic carbocycles. The van der Waals surface area contributed by atoms with Gasteiger partial charge in [0, 0.05) is 13.0 Å². The molecule has 2 aromatic rings. The Morgan fingerprint density at radius 2 is 1.66 bits per heavy atom. The molecule has 0 aliphatic heterocycles. The second-order valence-electron chi connectivity index (χ2n) is 7.77. The van der Waals surface area contributed by atoms with E-state index in [2.05, 4.69) is 17.4 Å². The van der Waals surface area contributed by atoms with E-state index >= 15 is 0 Å². The number of fused-ring (bicyclic) bond motifs is 3. The minimum Gasteiger partial charge on any atom is -0.480 e. The Morgan fingerprint density at radius 3 is 2.19 bits per heavy atom. The van der Waals surface area contributed by atoms with Gasteiger partial charge in [-0.25, -0.2) is 9.59 Å². The summed E-state index contributed by atoms with van der Waals surface area (Å²) in [4.78, 5) is 37.8. The van der Waals surface area contributed by atoms with Crippen LogP contribution in [-0.2, 0) is 14.3 Å². The highest BCUT2D eigenvalue weighted by atomic mass is 32.2. The molecule has 8 heteroatoms. The van der Waals surface area contributed by atoms with Crippen molar-refractivity contribution in [1.82, 2.24) is 10.2 Å². The Balaban J connectivity index is 1.68. The largest absolute Gasteiger partial charge is 0.480 e. The minimum absolute atomic E-state index is 0.0804. The topological polar surface area (TPSA) is 95.9 Å². The molecule has 0 saturated carbocycles. The SMILES string of the molecule is CSCCC(NC(=O)OCC1c2ccccc2-c2ccccc21)C(=O)N(C)[C@@H](C)C(=O)O. The van der Waals surface area contributed by atoms with Crippen LogP contribution in [0.4, 0.5) is 4.79 Å². The summed E-state index contributed by atoms with van der Waals surface area (Å²) in [5.74, 6) is -1.01. The van der Waals surface area contributed by atoms with Gasteiger partial charge in [-0.3, -0.25) is 4.79 Å². The Kier molecular flexibility index (Phi) is 7.80. The van der Waals surface area contributed by atoms with Crippen molar-refractivity contribution < 1.29 is 24.2 Å². The van der Waals surface area contributed by atoms with E-state index in [1.54, 1.807) is 11.8 Å². The number of benzene rings is 2. The molecule has 170 valence electrons. The van der Waals surface area contributed by atoms with Crippen molar-refractivity contribution in [2.24, 2.45) is 0 Å². The third-order valence-electron chi connectivity index (χ3n) is 5.83. The number of thioether (sulfide) groups is 1. The second kappa shape index (κ2) is 10.5. The number of carbonyl (C=O) groups excluding carboxylic acids is 2. The lowest BCUT2D eigenvalue weighted by Crippen LogP contribution is -2.51. The van der Waals surface area contributed by atoms with Gasteiger partial charge in [-0.1, -0.05) is 48.5 Å². The molecule has 0 spiro atoms. The summed E-state index contributed by atoms with van der Waals surface area (Å²) in [6, 6.07) is 14.2. The third-order valence-corrected chi connectivity index (χ3v) is 6.47. The van der Waals surface area contributed by atoms with Gasteiger partial charge in [-0.2, -0.15) is 11.8 Å². The molecule has 7 nitrogen and oxygen atoms in total. The van der Waals surface area contributed by atoms with E-state index in [9.17, 15) is 19.5 Å². The van der Waals surface area contributed by atoms with E-state index in [1.165, 1.54) is 14.0 Å². The first kappa shape index (κ1) is 23.7. The van der Waals surface area contributed by atoms with Gasteiger partial charge >= 0.3 is 12.1 Å². The van der Waals surface area contributed by atoms with Crippen molar-refractivity contribution in [3.63, 3.8) is 0 Å². The number of alkyl carbamates (subject to hydrolysis) is 1. The molecule has 2 amide bonds. The van der Waals surface area contributed by atoms with Crippen LogP contribution in [0.3, 0.4) is 0 Å². The molecule has 0 bridgehead atoms. The lowest BCUT2D eigenvalue weighted by molar-refractivity contribution is -0.149. The Bertz CT molecular complexity index is 950. The highest BCUT2D eigenvalue weighted by Crippen LogP contribution is 2.44. The molecule has 2 N–H and O–H groups in total. The Morgan fingerprint density at radius 1 is 1.09 bits per heavy atom. The maximum Gasteiger partial charge on any atom is 0.407 e. The first-order valence-electron chi connectivity index (χ1n) is 10.4. The van der Waals surface area contributed by atoms with Gasteiger partial charge in [0.1, 0.15) is 18.7 Å². The Labute approximate surface area is 192 Å². The van der Waals surface area contributed by atoms with Crippen molar-refractivity contribution >= 4 is 29.7 Å². The number of nitrogens with one attached hydrogen (secondary N) is 1. The second-order valence-corrected chi connectivity index (χ2v) is 8.75. The van der Waals surface area contributed by atoms with Crippen LogP contribution < -0.4 is 5.32 Å². The van der Waals surface area contributed by atoms with Crippen molar-refractivity contribution in [2.45, 2.75) is 31.3 Å². The smallest absolute Gasteiger partial charge is 0.407 e. The number of nitrogens with zero attached hydrogens (tertiary/aromatic N) is 1. The van der Waals surface area contributed by atoms with Crippen molar-refractivity contribution in [1.29, 1.82) is 0 Å². The minimum atomic E-state index is -1.11. The van der Waals surface area contributed by atoms with E-state index in [0.717, 1.165) is 27.2 Å². The summed E-state index contributed by atoms with van der Waals surface area (Å²) in [6.45, 7) is 1.57. The zero-order valence-corrected chi connectivity index (χ0v) is 19.2. The molecular formula is C24H28N2O5S. The summed E-state index contributed by atoms with van der Waals surface area (Å²) in [5, 5.41) is 11.8. The summed E-state index contributed by atoms with van der Waals surface area (Å²) < 4.78 is 5.54. The van der Waals surface area contributed by atoms with E-state index in [4.69, 9.17) is 4.74 Å². The summed E-state index contributed by atoms with van der Waals surface area (Å²) in [7, 11) is 1.42. The molecule has 32 heavy (non-hydrogen) atoms. The monoisotopic (exact) mass is 456 g/mol. The van der Waals surface area contributed by atoms with Crippen LogP contribution in [0.1, 0.15) is 30.4 Å². The zero-order valence-electron chi connectivity index (χ0n) is 18.4. The van der Waals surface area contributed by atoms with Crippen molar-refractivity contribution in [2.75, 3.05) is 25.7 Å².